The largest absolute Gasteiger partial charge is 0.462 e. The summed E-state index contributed by atoms with van der Waals surface area (Å²) in [5.74, 6) is -1.19. The van der Waals surface area contributed by atoms with Crippen LogP contribution in [0.3, 0.4) is 0 Å². The first-order chi connectivity index (χ1) is 21.5. The Hall–Kier alpha value is -4.48. The second-order valence-electron chi connectivity index (χ2n) is 10.4. The van der Waals surface area contributed by atoms with Crippen LogP contribution in [0.1, 0.15) is 73.1 Å². The molecule has 0 aliphatic carbocycles. The van der Waals surface area contributed by atoms with E-state index in [1.165, 1.54) is 24.3 Å². The molecule has 11 nitrogen and oxygen atoms in total. The fourth-order valence-corrected chi connectivity index (χ4v) is 3.73. The van der Waals surface area contributed by atoms with Crippen molar-refractivity contribution in [2.45, 2.75) is 64.6 Å². The van der Waals surface area contributed by atoms with Gasteiger partial charge in [0.15, 0.2) is 0 Å². The van der Waals surface area contributed by atoms with Gasteiger partial charge in [-0.2, -0.15) is 0 Å². The zero-order valence-corrected chi connectivity index (χ0v) is 25.8. The Morgan fingerprint density at radius 2 is 1.16 bits per heavy atom. The quantitative estimate of drug-likeness (QED) is 0.0874. The summed E-state index contributed by atoms with van der Waals surface area (Å²) in [6.45, 7) is 10.1. The van der Waals surface area contributed by atoms with Crippen molar-refractivity contribution in [3.63, 3.8) is 0 Å². The summed E-state index contributed by atoms with van der Waals surface area (Å²) in [4.78, 5) is 47.6. The van der Waals surface area contributed by atoms with Gasteiger partial charge in [-0.1, -0.05) is 13.2 Å². The van der Waals surface area contributed by atoms with Crippen molar-refractivity contribution in [1.82, 2.24) is 0 Å². The maximum absolute atomic E-state index is 12.5. The van der Waals surface area contributed by atoms with E-state index in [2.05, 4.69) is 13.2 Å². The van der Waals surface area contributed by atoms with Gasteiger partial charge in [-0.25, -0.2) is 19.2 Å². The van der Waals surface area contributed by atoms with Crippen molar-refractivity contribution in [3.8, 4) is 11.5 Å². The topological polar surface area (TPSA) is 155 Å². The fraction of sp³-hybridized carbons (Fsp3) is 0.412. The van der Waals surface area contributed by atoms with Gasteiger partial charge in [0.2, 0.25) is 0 Å². The predicted octanol–water partition coefficient (Wildman–Crippen LogP) is 5.09. The molecule has 0 saturated carbocycles. The van der Waals surface area contributed by atoms with E-state index >= 15 is 0 Å². The lowest BCUT2D eigenvalue weighted by Gasteiger charge is -2.16. The van der Waals surface area contributed by atoms with Crippen molar-refractivity contribution < 1.29 is 53.1 Å². The number of esters is 4. The summed E-state index contributed by atoms with van der Waals surface area (Å²) in [6.07, 6.45) is 1.58. The van der Waals surface area contributed by atoms with Gasteiger partial charge in [0.05, 0.1) is 37.1 Å². The smallest absolute Gasteiger partial charge is 0.338 e. The summed E-state index contributed by atoms with van der Waals surface area (Å²) in [5.41, 5.74) is 1.22. The molecule has 2 aromatic carbocycles. The molecule has 0 radical (unpaired) electrons. The zero-order valence-electron chi connectivity index (χ0n) is 25.8. The third-order valence-electron chi connectivity index (χ3n) is 6.32. The van der Waals surface area contributed by atoms with Crippen LogP contribution in [0, 0.1) is 0 Å². The molecule has 2 N–H and O–H groups in total. The molecule has 0 aliphatic rings. The number of carbonyl (C=O) groups excluding carboxylic acids is 4. The lowest BCUT2D eigenvalue weighted by Crippen LogP contribution is -2.22. The highest BCUT2D eigenvalue weighted by Gasteiger charge is 2.16. The van der Waals surface area contributed by atoms with Crippen LogP contribution in [0.4, 0.5) is 0 Å². The second-order valence-corrected chi connectivity index (χ2v) is 10.4. The van der Waals surface area contributed by atoms with Crippen molar-refractivity contribution >= 4 is 23.9 Å². The molecule has 2 aromatic rings. The molecule has 0 amide bonds. The lowest BCUT2D eigenvalue weighted by atomic mass is 10.1. The normalized spacial score (nSPS) is 11.9. The van der Waals surface area contributed by atoms with Crippen LogP contribution in [-0.4, -0.2) is 72.7 Å². The molecule has 0 aliphatic heterocycles. The van der Waals surface area contributed by atoms with E-state index in [0.717, 1.165) is 0 Å². The van der Waals surface area contributed by atoms with E-state index in [0.29, 0.717) is 61.2 Å². The van der Waals surface area contributed by atoms with Crippen molar-refractivity contribution in [2.24, 2.45) is 0 Å². The number of carbonyl (C=O) groups is 4. The molecule has 11 heteroatoms. The number of benzene rings is 2. The Balaban J connectivity index is 1.72. The number of aliphatic hydroxyl groups excluding tert-OH is 2. The van der Waals surface area contributed by atoms with Crippen molar-refractivity contribution in [2.75, 3.05) is 26.4 Å². The molecule has 2 unspecified atom stereocenters. The minimum Gasteiger partial charge on any atom is -0.462 e. The van der Waals surface area contributed by atoms with E-state index in [1.54, 1.807) is 38.1 Å². The first-order valence-corrected chi connectivity index (χ1v) is 14.7. The van der Waals surface area contributed by atoms with E-state index in [9.17, 15) is 29.4 Å². The molecule has 0 aromatic heterocycles. The molecule has 2 rings (SSSR count). The van der Waals surface area contributed by atoms with Crippen LogP contribution in [0.2, 0.25) is 0 Å². The van der Waals surface area contributed by atoms with E-state index in [4.69, 9.17) is 23.7 Å². The number of unbranched alkanes of at least 4 members (excludes halogenated alkanes) is 2. The molecule has 0 bridgehead atoms. The summed E-state index contributed by atoms with van der Waals surface area (Å²) >= 11 is 0. The minimum absolute atomic E-state index is 0.163. The molecule has 0 saturated heterocycles. The SMILES string of the molecule is C=C(C)C(=O)OCCCCC(O)COC(=O)c1ccc(Oc2ccc(C(=O)OC(CO)CCCCOC(=O)C(=C)C)cc2)cc1. The third kappa shape index (κ3) is 14.2. The van der Waals surface area contributed by atoms with Gasteiger partial charge in [0.1, 0.15) is 24.2 Å². The number of rotatable bonds is 20. The highest BCUT2D eigenvalue weighted by molar-refractivity contribution is 5.90. The standard InChI is InChI=1S/C34H42O11/c1-23(2)31(37)41-19-7-5-9-27(36)22-43-33(39)25-11-15-28(16-12-25)44-29-17-13-26(14-18-29)34(40)45-30(21-35)10-6-8-20-42-32(38)24(3)4/h11-18,27,30,35-36H,1,3,5-10,19-22H2,2,4H3. The molecule has 0 spiro atoms. The first kappa shape index (κ1) is 36.7. The monoisotopic (exact) mass is 626 g/mol. The Kier molecular flexibility index (Phi) is 16.1. The van der Waals surface area contributed by atoms with Gasteiger partial charge >= 0.3 is 23.9 Å². The van der Waals surface area contributed by atoms with E-state index in [1.807, 2.05) is 0 Å². The van der Waals surface area contributed by atoms with E-state index in [-0.39, 0.29) is 37.6 Å². The second kappa shape index (κ2) is 19.7. The van der Waals surface area contributed by atoms with Gasteiger partial charge in [0, 0.05) is 11.1 Å². The van der Waals surface area contributed by atoms with Gasteiger partial charge in [-0.05, 0) is 101 Å². The average molecular weight is 627 g/mol. The van der Waals surface area contributed by atoms with E-state index < -0.39 is 36.1 Å². The molecule has 244 valence electrons. The Bertz CT molecular complexity index is 1280. The maximum Gasteiger partial charge on any atom is 0.338 e. The number of hydrogen-bond acceptors (Lipinski definition) is 11. The molecule has 2 atom stereocenters. The molecule has 0 heterocycles. The third-order valence-corrected chi connectivity index (χ3v) is 6.32. The van der Waals surface area contributed by atoms with Crippen LogP contribution in [0.15, 0.2) is 72.8 Å². The van der Waals surface area contributed by atoms with Crippen LogP contribution >= 0.6 is 0 Å². The maximum atomic E-state index is 12.5. The van der Waals surface area contributed by atoms with Gasteiger partial charge in [-0.15, -0.1) is 0 Å². The number of ether oxygens (including phenoxy) is 5. The van der Waals surface area contributed by atoms with Gasteiger partial charge in [0.25, 0.3) is 0 Å². The van der Waals surface area contributed by atoms with Gasteiger partial charge < -0.3 is 33.9 Å². The molecular formula is C34H42O11. The highest BCUT2D eigenvalue weighted by Crippen LogP contribution is 2.23. The van der Waals surface area contributed by atoms with Crippen molar-refractivity contribution in [3.05, 3.63) is 84.0 Å². The minimum atomic E-state index is -0.840. The fourth-order valence-electron chi connectivity index (χ4n) is 3.73. The van der Waals surface area contributed by atoms with Gasteiger partial charge in [-0.3, -0.25) is 0 Å². The summed E-state index contributed by atoms with van der Waals surface area (Å²) in [7, 11) is 0. The zero-order chi connectivity index (χ0) is 33.2. The molecule has 45 heavy (non-hydrogen) atoms. The average Bonchev–Trinajstić information content (AvgIpc) is 3.02. The summed E-state index contributed by atoms with van der Waals surface area (Å²) in [6, 6.07) is 12.5. The molecular weight excluding hydrogens is 584 g/mol. The number of aliphatic hydroxyl groups is 2. The van der Waals surface area contributed by atoms with Crippen LogP contribution in [0.25, 0.3) is 0 Å². The summed E-state index contributed by atoms with van der Waals surface area (Å²) < 4.78 is 26.4. The Morgan fingerprint density at radius 1 is 0.689 bits per heavy atom. The highest BCUT2D eigenvalue weighted by atomic mass is 16.6. The van der Waals surface area contributed by atoms with Crippen LogP contribution in [0.5, 0.6) is 11.5 Å². The first-order valence-electron chi connectivity index (χ1n) is 14.7. The lowest BCUT2D eigenvalue weighted by molar-refractivity contribution is -0.140. The Morgan fingerprint density at radius 3 is 1.62 bits per heavy atom. The predicted molar refractivity (Wildman–Crippen MR) is 165 cm³/mol. The van der Waals surface area contributed by atoms with Crippen LogP contribution < -0.4 is 4.74 Å². The van der Waals surface area contributed by atoms with Crippen LogP contribution in [-0.2, 0) is 28.5 Å². The number of hydrogen-bond donors (Lipinski definition) is 2. The Labute approximate surface area is 263 Å². The summed E-state index contributed by atoms with van der Waals surface area (Å²) in [5, 5.41) is 19.6. The molecule has 0 fully saturated rings. The van der Waals surface area contributed by atoms with Crippen molar-refractivity contribution in [1.29, 1.82) is 0 Å².